The van der Waals surface area contributed by atoms with Gasteiger partial charge in [0.25, 0.3) is 0 Å². The third-order valence-corrected chi connectivity index (χ3v) is 3.42. The van der Waals surface area contributed by atoms with Gasteiger partial charge < -0.3 is 15.5 Å². The van der Waals surface area contributed by atoms with Crippen LogP contribution < -0.4 is 10.6 Å². The number of hydrogen-bond donors (Lipinski definition) is 2. The highest BCUT2D eigenvalue weighted by Crippen LogP contribution is 2.19. The first-order chi connectivity index (χ1) is 8.47. The van der Waals surface area contributed by atoms with Crippen molar-refractivity contribution in [3.05, 3.63) is 0 Å². The highest BCUT2D eigenvalue weighted by Gasteiger charge is 2.33. The van der Waals surface area contributed by atoms with E-state index in [4.69, 9.17) is 0 Å². The zero-order valence-electron chi connectivity index (χ0n) is 11.8. The SMILES string of the molecule is CNCC(=O)N[C@H](C(=O)N1CCC[C@H]1C)C(C)C. The number of nitrogens with zero attached hydrogens (tertiary/aromatic N) is 1. The molecule has 104 valence electrons. The molecule has 18 heavy (non-hydrogen) atoms. The normalized spacial score (nSPS) is 21.2. The van der Waals surface area contributed by atoms with Crippen molar-refractivity contribution in [2.75, 3.05) is 20.1 Å². The van der Waals surface area contributed by atoms with Crippen molar-refractivity contribution in [2.45, 2.75) is 45.7 Å². The molecule has 5 nitrogen and oxygen atoms in total. The first-order valence-electron chi connectivity index (χ1n) is 6.71. The van der Waals surface area contributed by atoms with Crippen molar-refractivity contribution in [3.63, 3.8) is 0 Å². The Hall–Kier alpha value is -1.10. The van der Waals surface area contributed by atoms with Crippen LogP contribution in [0.5, 0.6) is 0 Å². The second-order valence-electron chi connectivity index (χ2n) is 5.34. The third-order valence-electron chi connectivity index (χ3n) is 3.42. The molecule has 1 aliphatic heterocycles. The number of hydrogen-bond acceptors (Lipinski definition) is 3. The van der Waals surface area contributed by atoms with E-state index in [-0.39, 0.29) is 24.3 Å². The molecule has 0 aromatic carbocycles. The van der Waals surface area contributed by atoms with Crippen LogP contribution in [0.2, 0.25) is 0 Å². The maximum absolute atomic E-state index is 12.4. The van der Waals surface area contributed by atoms with Crippen molar-refractivity contribution in [1.82, 2.24) is 15.5 Å². The van der Waals surface area contributed by atoms with Gasteiger partial charge in [-0.05, 0) is 32.7 Å². The summed E-state index contributed by atoms with van der Waals surface area (Å²) in [5.74, 6) is 0.0296. The average Bonchev–Trinajstić information content (AvgIpc) is 2.71. The van der Waals surface area contributed by atoms with E-state index in [2.05, 4.69) is 17.6 Å². The molecular formula is C13H25N3O2. The topological polar surface area (TPSA) is 61.4 Å². The van der Waals surface area contributed by atoms with Gasteiger partial charge in [0.05, 0.1) is 6.54 Å². The molecule has 1 heterocycles. The van der Waals surface area contributed by atoms with Crippen LogP contribution >= 0.6 is 0 Å². The van der Waals surface area contributed by atoms with E-state index >= 15 is 0 Å². The lowest BCUT2D eigenvalue weighted by Gasteiger charge is -2.29. The largest absolute Gasteiger partial charge is 0.343 e. The average molecular weight is 255 g/mol. The van der Waals surface area contributed by atoms with Crippen LogP contribution in [0, 0.1) is 5.92 Å². The van der Waals surface area contributed by atoms with Gasteiger partial charge in [-0.1, -0.05) is 13.8 Å². The van der Waals surface area contributed by atoms with Crippen LogP contribution in [0.3, 0.4) is 0 Å². The fraction of sp³-hybridized carbons (Fsp3) is 0.846. The number of rotatable bonds is 5. The molecule has 0 bridgehead atoms. The van der Waals surface area contributed by atoms with Gasteiger partial charge in [-0.3, -0.25) is 9.59 Å². The van der Waals surface area contributed by atoms with Crippen molar-refractivity contribution in [1.29, 1.82) is 0 Å². The minimum absolute atomic E-state index is 0.0550. The lowest BCUT2D eigenvalue weighted by molar-refractivity contribution is -0.138. The van der Waals surface area contributed by atoms with Gasteiger partial charge in [0, 0.05) is 12.6 Å². The van der Waals surface area contributed by atoms with Crippen molar-refractivity contribution in [2.24, 2.45) is 5.92 Å². The molecule has 2 atom stereocenters. The van der Waals surface area contributed by atoms with Crippen LogP contribution in [0.1, 0.15) is 33.6 Å². The van der Waals surface area contributed by atoms with Gasteiger partial charge >= 0.3 is 0 Å². The predicted molar refractivity (Wildman–Crippen MR) is 71.1 cm³/mol. The van der Waals surface area contributed by atoms with Gasteiger partial charge in [0.1, 0.15) is 6.04 Å². The number of nitrogens with one attached hydrogen (secondary N) is 2. The predicted octanol–water partition coefficient (Wildman–Crippen LogP) is 0.358. The number of likely N-dealkylation sites (N-methyl/N-ethyl adjacent to an activating group) is 1. The van der Waals surface area contributed by atoms with E-state index in [1.54, 1.807) is 7.05 Å². The van der Waals surface area contributed by atoms with E-state index in [1.165, 1.54) is 0 Å². The van der Waals surface area contributed by atoms with E-state index in [0.29, 0.717) is 6.04 Å². The fourth-order valence-electron chi connectivity index (χ4n) is 2.34. The van der Waals surface area contributed by atoms with Gasteiger partial charge in [0.15, 0.2) is 0 Å². The molecule has 1 fully saturated rings. The number of carbonyl (C=O) groups is 2. The van der Waals surface area contributed by atoms with Crippen LogP contribution in [-0.4, -0.2) is 48.9 Å². The second-order valence-corrected chi connectivity index (χ2v) is 5.34. The number of amides is 2. The molecule has 0 aromatic rings. The zero-order chi connectivity index (χ0) is 13.7. The Morgan fingerprint density at radius 3 is 2.50 bits per heavy atom. The highest BCUT2D eigenvalue weighted by atomic mass is 16.2. The smallest absolute Gasteiger partial charge is 0.245 e. The quantitative estimate of drug-likeness (QED) is 0.745. The molecule has 0 saturated carbocycles. The fourth-order valence-corrected chi connectivity index (χ4v) is 2.34. The third kappa shape index (κ3) is 3.70. The molecule has 0 aliphatic carbocycles. The molecule has 0 radical (unpaired) electrons. The first-order valence-corrected chi connectivity index (χ1v) is 6.71. The summed E-state index contributed by atoms with van der Waals surface area (Å²) < 4.78 is 0. The minimum atomic E-state index is -0.411. The first kappa shape index (κ1) is 15.0. The standard InChI is InChI=1S/C13H25N3O2/c1-9(2)12(15-11(17)8-14-4)13(18)16-7-5-6-10(16)3/h9-10,12,14H,5-8H2,1-4H3,(H,15,17)/t10-,12+/m1/s1. The molecule has 1 aliphatic rings. The van der Waals surface area contributed by atoms with Crippen LogP contribution in [0.25, 0.3) is 0 Å². The minimum Gasteiger partial charge on any atom is -0.343 e. The monoisotopic (exact) mass is 255 g/mol. The van der Waals surface area contributed by atoms with E-state index in [0.717, 1.165) is 19.4 Å². The van der Waals surface area contributed by atoms with Crippen LogP contribution in [-0.2, 0) is 9.59 Å². The Labute approximate surface area is 109 Å². The zero-order valence-corrected chi connectivity index (χ0v) is 11.8. The van der Waals surface area contributed by atoms with E-state index in [1.807, 2.05) is 18.7 Å². The summed E-state index contributed by atoms with van der Waals surface area (Å²) in [5, 5.41) is 5.61. The summed E-state index contributed by atoms with van der Waals surface area (Å²) in [5.41, 5.74) is 0. The summed E-state index contributed by atoms with van der Waals surface area (Å²) in [6.45, 7) is 7.04. The maximum atomic E-state index is 12.4. The van der Waals surface area contributed by atoms with Gasteiger partial charge in [-0.25, -0.2) is 0 Å². The van der Waals surface area contributed by atoms with Gasteiger partial charge in [-0.2, -0.15) is 0 Å². The van der Waals surface area contributed by atoms with Gasteiger partial charge in [-0.15, -0.1) is 0 Å². The summed E-state index contributed by atoms with van der Waals surface area (Å²) in [6.07, 6.45) is 2.11. The lowest BCUT2D eigenvalue weighted by atomic mass is 10.0. The Morgan fingerprint density at radius 2 is 2.06 bits per heavy atom. The van der Waals surface area contributed by atoms with E-state index < -0.39 is 6.04 Å². The van der Waals surface area contributed by atoms with Gasteiger partial charge in [0.2, 0.25) is 11.8 Å². The lowest BCUT2D eigenvalue weighted by Crippen LogP contribution is -2.53. The molecule has 1 saturated heterocycles. The Kier molecular flexibility index (Phi) is 5.59. The Balaban J connectivity index is 2.66. The molecule has 1 rings (SSSR count). The van der Waals surface area contributed by atoms with Crippen LogP contribution in [0.15, 0.2) is 0 Å². The molecule has 0 aromatic heterocycles. The maximum Gasteiger partial charge on any atom is 0.245 e. The number of carbonyl (C=O) groups excluding carboxylic acids is 2. The summed E-state index contributed by atoms with van der Waals surface area (Å²) in [4.78, 5) is 25.9. The van der Waals surface area contributed by atoms with E-state index in [9.17, 15) is 9.59 Å². The molecule has 2 amide bonds. The highest BCUT2D eigenvalue weighted by molar-refractivity contribution is 5.88. The Bertz CT molecular complexity index is 305. The molecular weight excluding hydrogens is 230 g/mol. The van der Waals surface area contributed by atoms with Crippen molar-refractivity contribution in [3.8, 4) is 0 Å². The van der Waals surface area contributed by atoms with Crippen LogP contribution in [0.4, 0.5) is 0 Å². The Morgan fingerprint density at radius 1 is 1.39 bits per heavy atom. The summed E-state index contributed by atoms with van der Waals surface area (Å²) in [7, 11) is 1.72. The molecule has 2 N–H and O–H groups in total. The summed E-state index contributed by atoms with van der Waals surface area (Å²) in [6, 6.07) is -0.119. The number of likely N-dealkylation sites (tertiary alicyclic amines) is 1. The molecule has 5 heteroatoms. The van der Waals surface area contributed by atoms with Crippen molar-refractivity contribution < 1.29 is 9.59 Å². The van der Waals surface area contributed by atoms with Crippen molar-refractivity contribution >= 4 is 11.8 Å². The summed E-state index contributed by atoms with van der Waals surface area (Å²) >= 11 is 0. The molecule has 0 spiro atoms. The molecule has 0 unspecified atom stereocenters. The second kappa shape index (κ2) is 6.73.